The highest BCUT2D eigenvalue weighted by Gasteiger charge is 2.37. The number of anilines is 3. The lowest BCUT2D eigenvalue weighted by Crippen LogP contribution is -2.16. The van der Waals surface area contributed by atoms with Gasteiger partial charge in [0.15, 0.2) is 0 Å². The molecule has 0 saturated heterocycles. The molecule has 1 aromatic heterocycles. The molecule has 2 heteroatoms. The van der Waals surface area contributed by atoms with E-state index >= 15 is 0 Å². The van der Waals surface area contributed by atoms with E-state index in [0.717, 1.165) is 44.6 Å². The molecular weight excluding hydrogens is 799 g/mol. The van der Waals surface area contributed by atoms with E-state index in [9.17, 15) is 0 Å². The molecule has 2 aliphatic rings. The Kier molecular flexibility index (Phi) is 7.55. The number of hydrogen-bond donors (Lipinski definition) is 0. The summed E-state index contributed by atoms with van der Waals surface area (Å²) in [5, 5.41) is 12.2. The van der Waals surface area contributed by atoms with E-state index in [-0.39, 0.29) is 10.8 Å². The Morgan fingerprint density at radius 3 is 1.47 bits per heavy atom. The maximum Gasteiger partial charge on any atom is 0.143 e. The molecule has 0 aliphatic heterocycles. The van der Waals surface area contributed by atoms with Crippen LogP contribution in [-0.2, 0) is 10.8 Å². The van der Waals surface area contributed by atoms with E-state index < -0.39 is 0 Å². The summed E-state index contributed by atoms with van der Waals surface area (Å²) < 4.78 is 7.24. The Morgan fingerprint density at radius 2 is 0.803 bits per heavy atom. The van der Waals surface area contributed by atoms with Gasteiger partial charge in [0.25, 0.3) is 0 Å². The molecule has 0 radical (unpaired) electrons. The Morgan fingerprint density at radius 1 is 0.333 bits per heavy atom. The summed E-state index contributed by atoms with van der Waals surface area (Å²) in [6, 6.07) is 74.5. The molecule has 0 spiro atoms. The Hall–Kier alpha value is -7.94. The van der Waals surface area contributed by atoms with E-state index in [0.29, 0.717) is 0 Å². The van der Waals surface area contributed by atoms with Gasteiger partial charge in [0, 0.05) is 50.3 Å². The molecule has 14 rings (SSSR count). The fourth-order valence-electron chi connectivity index (χ4n) is 12.2. The molecule has 2 nitrogen and oxygen atoms in total. The van der Waals surface area contributed by atoms with E-state index in [4.69, 9.17) is 4.42 Å². The van der Waals surface area contributed by atoms with Gasteiger partial charge in [0.05, 0.1) is 0 Å². The van der Waals surface area contributed by atoms with Gasteiger partial charge in [0.1, 0.15) is 11.2 Å². The van der Waals surface area contributed by atoms with Crippen molar-refractivity contribution < 1.29 is 4.42 Å². The van der Waals surface area contributed by atoms with Gasteiger partial charge in [-0.2, -0.15) is 0 Å². The second kappa shape index (κ2) is 13.3. The first-order valence-corrected chi connectivity index (χ1v) is 23.2. The van der Waals surface area contributed by atoms with E-state index in [1.807, 2.05) is 0 Å². The van der Waals surface area contributed by atoms with Crippen LogP contribution >= 0.6 is 0 Å². The largest absolute Gasteiger partial charge is 0.455 e. The lowest BCUT2D eigenvalue weighted by molar-refractivity contribution is 0.660. The Balaban J connectivity index is 0.999. The quantitative estimate of drug-likeness (QED) is 0.164. The second-order valence-corrected chi connectivity index (χ2v) is 19.6. The van der Waals surface area contributed by atoms with Crippen LogP contribution in [0, 0.1) is 0 Å². The number of fused-ring (bicyclic) bond motifs is 16. The van der Waals surface area contributed by atoms with E-state index in [1.165, 1.54) is 93.2 Å². The fraction of sp³-hybridized carbons (Fsp3) is 0.0938. The van der Waals surface area contributed by atoms with Crippen LogP contribution in [0.4, 0.5) is 17.1 Å². The molecule has 2 aliphatic carbocycles. The molecule has 0 amide bonds. The van der Waals surface area contributed by atoms with Crippen molar-refractivity contribution in [3.05, 3.63) is 222 Å². The van der Waals surface area contributed by atoms with Crippen molar-refractivity contribution in [2.24, 2.45) is 0 Å². The van der Waals surface area contributed by atoms with Crippen LogP contribution in [-0.4, -0.2) is 0 Å². The average Bonchev–Trinajstić information content (AvgIpc) is 3.91. The Labute approximate surface area is 384 Å². The van der Waals surface area contributed by atoms with Crippen LogP contribution in [0.15, 0.2) is 205 Å². The summed E-state index contributed by atoms with van der Waals surface area (Å²) in [6.07, 6.45) is 0. The molecule has 0 unspecified atom stereocenters. The van der Waals surface area contributed by atoms with Gasteiger partial charge in [0.2, 0.25) is 0 Å². The summed E-state index contributed by atoms with van der Waals surface area (Å²) in [5.74, 6) is 0. The zero-order chi connectivity index (χ0) is 44.1. The maximum atomic E-state index is 7.24. The molecule has 0 fully saturated rings. The SMILES string of the molecule is CC1(C)c2ccccc2-c2ccc(-c3c4ccccc4cc4c3oc3cc(N(c5ccc6c(c5)C(C)(C)c5ccccc5-6)c5ccc6c7ccccc7c7ccccc7c6c5)ccc34)cc21. The smallest absolute Gasteiger partial charge is 0.143 e. The minimum Gasteiger partial charge on any atom is -0.455 e. The summed E-state index contributed by atoms with van der Waals surface area (Å²) >= 11 is 0. The molecule has 66 heavy (non-hydrogen) atoms. The van der Waals surface area contributed by atoms with Crippen molar-refractivity contribution in [2.45, 2.75) is 38.5 Å². The van der Waals surface area contributed by atoms with E-state index in [1.54, 1.807) is 0 Å². The topological polar surface area (TPSA) is 16.4 Å². The first kappa shape index (κ1) is 37.4. The third kappa shape index (κ3) is 5.07. The third-order valence-electron chi connectivity index (χ3n) is 15.4. The number of furan rings is 1. The van der Waals surface area contributed by atoms with Crippen LogP contribution in [0.1, 0.15) is 49.9 Å². The van der Waals surface area contributed by atoms with Crippen molar-refractivity contribution in [1.82, 2.24) is 0 Å². The van der Waals surface area contributed by atoms with Crippen LogP contribution in [0.5, 0.6) is 0 Å². The summed E-state index contributed by atoms with van der Waals surface area (Å²) in [7, 11) is 0. The van der Waals surface area contributed by atoms with Crippen LogP contribution in [0.3, 0.4) is 0 Å². The van der Waals surface area contributed by atoms with Gasteiger partial charge in [-0.15, -0.1) is 0 Å². The van der Waals surface area contributed by atoms with Gasteiger partial charge in [-0.25, -0.2) is 0 Å². The van der Waals surface area contributed by atoms with Crippen molar-refractivity contribution in [3.8, 4) is 33.4 Å². The zero-order valence-corrected chi connectivity index (χ0v) is 37.4. The molecule has 12 aromatic rings. The minimum absolute atomic E-state index is 0.115. The summed E-state index contributed by atoms with van der Waals surface area (Å²) in [5.41, 5.74) is 17.8. The molecule has 312 valence electrons. The zero-order valence-electron chi connectivity index (χ0n) is 37.4. The average molecular weight is 844 g/mol. The molecule has 0 atom stereocenters. The molecule has 0 bridgehead atoms. The predicted octanol–water partition coefficient (Wildman–Crippen LogP) is 17.9. The monoisotopic (exact) mass is 843 g/mol. The van der Waals surface area contributed by atoms with Crippen molar-refractivity contribution in [1.29, 1.82) is 0 Å². The molecule has 11 aromatic carbocycles. The summed E-state index contributed by atoms with van der Waals surface area (Å²) in [6.45, 7) is 9.44. The Bertz CT molecular complexity index is 4030. The number of benzene rings is 11. The highest BCUT2D eigenvalue weighted by Crippen LogP contribution is 2.53. The van der Waals surface area contributed by atoms with Crippen LogP contribution in [0.2, 0.25) is 0 Å². The molecule has 0 saturated carbocycles. The lowest BCUT2D eigenvalue weighted by Gasteiger charge is -2.28. The maximum absolute atomic E-state index is 7.24. The van der Waals surface area contributed by atoms with Gasteiger partial charge >= 0.3 is 0 Å². The highest BCUT2D eigenvalue weighted by molar-refractivity contribution is 6.26. The normalized spacial score (nSPS) is 14.3. The summed E-state index contributed by atoms with van der Waals surface area (Å²) in [4.78, 5) is 2.44. The highest BCUT2D eigenvalue weighted by atomic mass is 16.3. The molecule has 0 N–H and O–H groups in total. The molecule has 1 heterocycles. The lowest BCUT2D eigenvalue weighted by atomic mass is 9.81. The number of rotatable bonds is 4. The molecular formula is C64H45NO. The standard InChI is InChI=1S/C64H45NO/c1-63(2)56-23-13-11-21-49(56)51-29-25-39(34-58(51)63)61-43-16-6-5-15-38(43)33-55-53-32-28-42(37-60(53)66-62(55)61)65(41-27-31-52-50-22-12-14-24-57(50)64(3,4)59(52)36-41)40-26-30-48-46-19-8-7-17-44(46)45-18-9-10-20-47(45)54(48)35-40/h5-37H,1-4H3. The fourth-order valence-corrected chi connectivity index (χ4v) is 12.2. The number of nitrogens with zero attached hydrogens (tertiary/aromatic N) is 1. The van der Waals surface area contributed by atoms with Crippen molar-refractivity contribution in [2.75, 3.05) is 4.90 Å². The first-order chi connectivity index (χ1) is 32.2. The predicted molar refractivity (Wildman–Crippen MR) is 279 cm³/mol. The first-order valence-electron chi connectivity index (χ1n) is 23.2. The number of hydrogen-bond acceptors (Lipinski definition) is 2. The minimum atomic E-state index is -0.150. The van der Waals surface area contributed by atoms with Gasteiger partial charge < -0.3 is 9.32 Å². The van der Waals surface area contributed by atoms with Crippen molar-refractivity contribution >= 4 is 82.1 Å². The van der Waals surface area contributed by atoms with Crippen LogP contribution < -0.4 is 4.90 Å². The van der Waals surface area contributed by atoms with Crippen molar-refractivity contribution in [3.63, 3.8) is 0 Å². The third-order valence-corrected chi connectivity index (χ3v) is 15.4. The van der Waals surface area contributed by atoms with Crippen LogP contribution in [0.25, 0.3) is 98.4 Å². The van der Waals surface area contributed by atoms with E-state index in [2.05, 4.69) is 233 Å². The van der Waals surface area contributed by atoms with Gasteiger partial charge in [-0.3, -0.25) is 0 Å². The van der Waals surface area contributed by atoms with Gasteiger partial charge in [-0.1, -0.05) is 173 Å². The van der Waals surface area contributed by atoms with Gasteiger partial charge in [-0.05, 0) is 142 Å². The second-order valence-electron chi connectivity index (χ2n) is 19.6.